The van der Waals surface area contributed by atoms with Crippen LogP contribution in [0.2, 0.25) is 0 Å². The van der Waals surface area contributed by atoms with E-state index in [-0.39, 0.29) is 0 Å². The van der Waals surface area contributed by atoms with Crippen LogP contribution >= 0.6 is 0 Å². The van der Waals surface area contributed by atoms with Gasteiger partial charge in [-0.25, -0.2) is 0 Å². The molecule has 0 saturated carbocycles. The molecule has 2 nitrogen and oxygen atoms in total. The molecule has 1 unspecified atom stereocenters. The lowest BCUT2D eigenvalue weighted by Gasteiger charge is -2.15. The van der Waals surface area contributed by atoms with Gasteiger partial charge in [-0.05, 0) is 61.9 Å². The summed E-state index contributed by atoms with van der Waals surface area (Å²) in [5.74, 6) is 1.92. The molecule has 98 valence electrons. The van der Waals surface area contributed by atoms with Crippen LogP contribution in [0.4, 0.5) is 0 Å². The van der Waals surface area contributed by atoms with Crippen LogP contribution in [0.1, 0.15) is 48.8 Å². The Morgan fingerprint density at radius 1 is 1.28 bits per heavy atom. The SMILES string of the molecule is CCCNCCC1CCc2ccc3c(c21)CCO3. The smallest absolute Gasteiger partial charge is 0.122 e. The molecule has 0 saturated heterocycles. The first-order valence-corrected chi connectivity index (χ1v) is 7.38. The monoisotopic (exact) mass is 245 g/mol. The lowest BCUT2D eigenvalue weighted by atomic mass is 9.92. The number of nitrogens with one attached hydrogen (secondary N) is 1. The van der Waals surface area contributed by atoms with Gasteiger partial charge in [-0.1, -0.05) is 13.0 Å². The Morgan fingerprint density at radius 3 is 3.11 bits per heavy atom. The molecule has 0 amide bonds. The maximum Gasteiger partial charge on any atom is 0.122 e. The summed E-state index contributed by atoms with van der Waals surface area (Å²) in [6, 6.07) is 4.47. The summed E-state index contributed by atoms with van der Waals surface area (Å²) >= 11 is 0. The van der Waals surface area contributed by atoms with E-state index in [9.17, 15) is 0 Å². The first-order chi connectivity index (χ1) is 8.90. The molecular weight excluding hydrogens is 222 g/mol. The van der Waals surface area contributed by atoms with E-state index in [1.54, 1.807) is 11.1 Å². The highest BCUT2D eigenvalue weighted by Gasteiger charge is 2.28. The van der Waals surface area contributed by atoms with Crippen LogP contribution in [0.15, 0.2) is 12.1 Å². The van der Waals surface area contributed by atoms with Gasteiger partial charge in [0, 0.05) is 12.0 Å². The number of rotatable bonds is 5. The van der Waals surface area contributed by atoms with Crippen LogP contribution < -0.4 is 10.1 Å². The second-order valence-corrected chi connectivity index (χ2v) is 5.49. The van der Waals surface area contributed by atoms with E-state index in [0.29, 0.717) is 0 Å². The zero-order valence-corrected chi connectivity index (χ0v) is 11.3. The molecule has 2 aliphatic rings. The Morgan fingerprint density at radius 2 is 2.22 bits per heavy atom. The molecule has 18 heavy (non-hydrogen) atoms. The number of ether oxygens (including phenoxy) is 1. The molecule has 1 aliphatic heterocycles. The Labute approximate surface area is 110 Å². The molecule has 3 rings (SSSR count). The summed E-state index contributed by atoms with van der Waals surface area (Å²) in [6.07, 6.45) is 6.23. The number of fused-ring (bicyclic) bond motifs is 3. The van der Waals surface area contributed by atoms with Gasteiger partial charge in [0.2, 0.25) is 0 Å². The number of benzene rings is 1. The fourth-order valence-electron chi connectivity index (χ4n) is 3.42. The predicted molar refractivity (Wildman–Crippen MR) is 74.5 cm³/mol. The van der Waals surface area contributed by atoms with E-state index in [1.807, 2.05) is 0 Å². The molecule has 2 heteroatoms. The number of aryl methyl sites for hydroxylation is 1. The van der Waals surface area contributed by atoms with Crippen molar-refractivity contribution in [1.29, 1.82) is 0 Å². The summed E-state index contributed by atoms with van der Waals surface area (Å²) in [5, 5.41) is 3.53. The van der Waals surface area contributed by atoms with Gasteiger partial charge in [-0.15, -0.1) is 0 Å². The molecule has 1 heterocycles. The minimum absolute atomic E-state index is 0.765. The first-order valence-electron chi connectivity index (χ1n) is 7.38. The van der Waals surface area contributed by atoms with Crippen molar-refractivity contribution in [3.8, 4) is 5.75 Å². The third-order valence-corrected chi connectivity index (χ3v) is 4.28. The minimum atomic E-state index is 0.765. The molecule has 0 radical (unpaired) electrons. The van der Waals surface area contributed by atoms with Gasteiger partial charge in [-0.2, -0.15) is 0 Å². The molecule has 0 bridgehead atoms. The molecule has 1 aromatic carbocycles. The largest absolute Gasteiger partial charge is 0.493 e. The van der Waals surface area contributed by atoms with Gasteiger partial charge >= 0.3 is 0 Å². The van der Waals surface area contributed by atoms with Crippen molar-refractivity contribution >= 4 is 0 Å². The van der Waals surface area contributed by atoms with Gasteiger partial charge < -0.3 is 10.1 Å². The number of hydrogen-bond donors (Lipinski definition) is 1. The van der Waals surface area contributed by atoms with E-state index in [0.717, 1.165) is 37.8 Å². The van der Waals surface area contributed by atoms with E-state index >= 15 is 0 Å². The Hall–Kier alpha value is -1.02. The van der Waals surface area contributed by atoms with Crippen LogP contribution in [0.25, 0.3) is 0 Å². The fourth-order valence-corrected chi connectivity index (χ4v) is 3.42. The number of hydrogen-bond acceptors (Lipinski definition) is 2. The normalized spacial score (nSPS) is 20.6. The average molecular weight is 245 g/mol. The van der Waals surface area contributed by atoms with Crippen LogP contribution in [0, 0.1) is 0 Å². The second kappa shape index (κ2) is 5.31. The highest BCUT2D eigenvalue weighted by atomic mass is 16.5. The zero-order chi connectivity index (χ0) is 12.4. The van der Waals surface area contributed by atoms with Gasteiger partial charge in [-0.3, -0.25) is 0 Å². The van der Waals surface area contributed by atoms with Gasteiger partial charge in [0.25, 0.3) is 0 Å². The maximum absolute atomic E-state index is 5.70. The van der Waals surface area contributed by atoms with Gasteiger partial charge in [0.15, 0.2) is 0 Å². The summed E-state index contributed by atoms with van der Waals surface area (Å²) in [7, 11) is 0. The third kappa shape index (κ3) is 2.14. The molecule has 1 N–H and O–H groups in total. The van der Waals surface area contributed by atoms with Gasteiger partial charge in [0.1, 0.15) is 5.75 Å². The standard InChI is InChI=1S/C16H23NO/c1-2-9-17-10-7-13-4-3-12-5-6-15-14(16(12)13)8-11-18-15/h5-6,13,17H,2-4,7-11H2,1H3. The van der Waals surface area contributed by atoms with E-state index in [4.69, 9.17) is 4.74 Å². The van der Waals surface area contributed by atoms with Crippen molar-refractivity contribution in [2.24, 2.45) is 0 Å². The van der Waals surface area contributed by atoms with E-state index in [1.165, 1.54) is 31.2 Å². The zero-order valence-electron chi connectivity index (χ0n) is 11.3. The molecular formula is C16H23NO. The Bertz CT molecular complexity index is 427. The summed E-state index contributed by atoms with van der Waals surface area (Å²) < 4.78 is 5.70. The highest BCUT2D eigenvalue weighted by molar-refractivity contribution is 5.51. The van der Waals surface area contributed by atoms with E-state index < -0.39 is 0 Å². The molecule has 1 aliphatic carbocycles. The van der Waals surface area contributed by atoms with Crippen LogP contribution in [0.3, 0.4) is 0 Å². The first kappa shape index (κ1) is 12.0. The summed E-state index contributed by atoms with van der Waals surface area (Å²) in [6.45, 7) is 5.41. The second-order valence-electron chi connectivity index (χ2n) is 5.49. The quantitative estimate of drug-likeness (QED) is 0.805. The van der Waals surface area contributed by atoms with Gasteiger partial charge in [0.05, 0.1) is 6.61 Å². The third-order valence-electron chi connectivity index (χ3n) is 4.28. The maximum atomic E-state index is 5.70. The molecule has 0 spiro atoms. The molecule has 1 atom stereocenters. The van der Waals surface area contributed by atoms with Crippen LogP contribution in [-0.2, 0) is 12.8 Å². The fraction of sp³-hybridized carbons (Fsp3) is 0.625. The van der Waals surface area contributed by atoms with Crippen LogP contribution in [-0.4, -0.2) is 19.7 Å². The topological polar surface area (TPSA) is 21.3 Å². The molecule has 1 aromatic rings. The Balaban J connectivity index is 1.72. The molecule has 0 fully saturated rings. The van der Waals surface area contributed by atoms with Crippen LogP contribution in [0.5, 0.6) is 5.75 Å². The van der Waals surface area contributed by atoms with Crippen molar-refractivity contribution in [2.45, 2.75) is 44.9 Å². The molecule has 0 aromatic heterocycles. The minimum Gasteiger partial charge on any atom is -0.493 e. The van der Waals surface area contributed by atoms with E-state index in [2.05, 4.69) is 24.4 Å². The predicted octanol–water partition coefficient (Wildman–Crippen LogP) is 3.04. The lowest BCUT2D eigenvalue weighted by molar-refractivity contribution is 0.357. The summed E-state index contributed by atoms with van der Waals surface area (Å²) in [5.41, 5.74) is 4.74. The van der Waals surface area contributed by atoms with Crippen molar-refractivity contribution in [3.05, 3.63) is 28.8 Å². The van der Waals surface area contributed by atoms with Crippen molar-refractivity contribution in [1.82, 2.24) is 5.32 Å². The van der Waals surface area contributed by atoms with Crippen molar-refractivity contribution in [2.75, 3.05) is 19.7 Å². The lowest BCUT2D eigenvalue weighted by Crippen LogP contribution is -2.18. The highest BCUT2D eigenvalue weighted by Crippen LogP contribution is 2.42. The average Bonchev–Trinajstić information content (AvgIpc) is 3.00. The van der Waals surface area contributed by atoms with Crippen molar-refractivity contribution < 1.29 is 4.74 Å². The van der Waals surface area contributed by atoms with Crippen molar-refractivity contribution in [3.63, 3.8) is 0 Å². The summed E-state index contributed by atoms with van der Waals surface area (Å²) in [4.78, 5) is 0. The Kier molecular flexibility index (Phi) is 3.55.